The van der Waals surface area contributed by atoms with Crippen LogP contribution in [0.2, 0.25) is 0 Å². The molecule has 1 N–H and O–H groups in total. The number of aliphatic carboxylic acids is 1. The van der Waals surface area contributed by atoms with Gasteiger partial charge in [0, 0.05) is 11.3 Å². The number of thioether (sulfide) groups is 1. The van der Waals surface area contributed by atoms with Crippen molar-refractivity contribution in [2.24, 2.45) is 5.92 Å². The third kappa shape index (κ3) is 3.23. The molecule has 2 rings (SSSR count). The number of halogens is 2. The average Bonchev–Trinajstić information content (AvgIpc) is 2.86. The van der Waals surface area contributed by atoms with Gasteiger partial charge in [-0.2, -0.15) is 0 Å². The van der Waals surface area contributed by atoms with Gasteiger partial charge in [-0.05, 0) is 40.0 Å². The van der Waals surface area contributed by atoms with Gasteiger partial charge in [0.1, 0.15) is 11.9 Å². The van der Waals surface area contributed by atoms with E-state index in [0.717, 1.165) is 0 Å². The molecule has 1 aliphatic rings. The molecule has 2 atom stereocenters. The zero-order valence-corrected chi connectivity index (χ0v) is 13.9. The summed E-state index contributed by atoms with van der Waals surface area (Å²) in [5, 5.41) is 9.11. The Kier molecular flexibility index (Phi) is 4.93. The van der Waals surface area contributed by atoms with Crippen molar-refractivity contribution in [1.29, 1.82) is 0 Å². The molecule has 0 aliphatic carbocycles. The van der Waals surface area contributed by atoms with Gasteiger partial charge < -0.3 is 10.0 Å². The number of rotatable bonds is 3. The van der Waals surface area contributed by atoms with Crippen LogP contribution in [0.25, 0.3) is 0 Å². The Balaban J connectivity index is 2.36. The maximum absolute atomic E-state index is 13.3. The number of hydrogen-bond acceptors (Lipinski definition) is 3. The second-order valence-corrected chi connectivity index (χ2v) is 7.17. The van der Waals surface area contributed by atoms with Gasteiger partial charge in [-0.25, -0.2) is 9.18 Å². The van der Waals surface area contributed by atoms with Crippen molar-refractivity contribution in [3.8, 4) is 0 Å². The maximum atomic E-state index is 13.3. The van der Waals surface area contributed by atoms with Crippen LogP contribution in [0.1, 0.15) is 24.2 Å². The van der Waals surface area contributed by atoms with Crippen LogP contribution >= 0.6 is 27.7 Å². The van der Waals surface area contributed by atoms with Crippen molar-refractivity contribution in [1.82, 2.24) is 4.90 Å². The van der Waals surface area contributed by atoms with Crippen LogP contribution in [0.5, 0.6) is 0 Å². The van der Waals surface area contributed by atoms with Crippen LogP contribution in [0.15, 0.2) is 22.7 Å². The summed E-state index contributed by atoms with van der Waals surface area (Å²) in [5.41, 5.74) is 0.280. The summed E-state index contributed by atoms with van der Waals surface area (Å²) < 4.78 is 13.5. The van der Waals surface area contributed by atoms with E-state index in [1.807, 2.05) is 13.8 Å². The van der Waals surface area contributed by atoms with E-state index in [9.17, 15) is 19.1 Å². The number of carboxylic acids is 1. The van der Waals surface area contributed by atoms with Crippen LogP contribution in [-0.4, -0.2) is 39.1 Å². The lowest BCUT2D eigenvalue weighted by Crippen LogP contribution is -2.47. The van der Waals surface area contributed by atoms with E-state index in [4.69, 9.17) is 0 Å². The van der Waals surface area contributed by atoms with Gasteiger partial charge in [-0.15, -0.1) is 11.8 Å². The van der Waals surface area contributed by atoms with E-state index < -0.39 is 17.8 Å². The summed E-state index contributed by atoms with van der Waals surface area (Å²) >= 11 is 4.51. The first-order chi connectivity index (χ1) is 9.82. The van der Waals surface area contributed by atoms with Crippen molar-refractivity contribution in [3.63, 3.8) is 0 Å². The standard InChI is InChI=1S/C14H15BrFNO3S/c1-7(2)13-17(11(6-21-13)14(19)20)12(18)8-3-4-10(16)9(15)5-8/h3-5,7,11,13H,6H2,1-2H3,(H,19,20). The molecular weight excluding hydrogens is 361 g/mol. The summed E-state index contributed by atoms with van der Waals surface area (Å²) in [4.78, 5) is 25.4. The second-order valence-electron chi connectivity index (χ2n) is 5.16. The fourth-order valence-electron chi connectivity index (χ4n) is 2.27. The molecule has 0 spiro atoms. The van der Waals surface area contributed by atoms with Gasteiger partial charge in [0.25, 0.3) is 5.91 Å². The van der Waals surface area contributed by atoms with Crippen LogP contribution < -0.4 is 0 Å². The molecule has 1 aliphatic heterocycles. The van der Waals surface area contributed by atoms with Gasteiger partial charge in [-0.1, -0.05) is 13.8 Å². The Morgan fingerprint density at radius 2 is 2.14 bits per heavy atom. The number of carbonyl (C=O) groups is 2. The van der Waals surface area contributed by atoms with Crippen LogP contribution in [-0.2, 0) is 4.79 Å². The Morgan fingerprint density at radius 3 is 2.67 bits per heavy atom. The molecule has 114 valence electrons. The van der Waals surface area contributed by atoms with E-state index in [-0.39, 0.29) is 27.2 Å². The summed E-state index contributed by atoms with van der Waals surface area (Å²) in [6.45, 7) is 3.89. The van der Waals surface area contributed by atoms with Crippen LogP contribution in [0, 0.1) is 11.7 Å². The lowest BCUT2D eigenvalue weighted by atomic mass is 10.1. The molecule has 0 aromatic heterocycles. The number of hydrogen-bond donors (Lipinski definition) is 1. The minimum atomic E-state index is -1.01. The average molecular weight is 376 g/mol. The first-order valence-corrected chi connectivity index (χ1v) is 8.29. The van der Waals surface area contributed by atoms with Crippen LogP contribution in [0.4, 0.5) is 4.39 Å². The van der Waals surface area contributed by atoms with Crippen molar-refractivity contribution >= 4 is 39.6 Å². The molecule has 4 nitrogen and oxygen atoms in total. The Morgan fingerprint density at radius 1 is 1.48 bits per heavy atom. The molecule has 0 radical (unpaired) electrons. The van der Waals surface area contributed by atoms with Crippen molar-refractivity contribution in [2.75, 3.05) is 5.75 Å². The molecular formula is C14H15BrFNO3S. The zero-order valence-electron chi connectivity index (χ0n) is 11.5. The lowest BCUT2D eigenvalue weighted by Gasteiger charge is -2.29. The molecule has 0 bridgehead atoms. The number of amides is 1. The van der Waals surface area contributed by atoms with Gasteiger partial charge >= 0.3 is 5.97 Å². The lowest BCUT2D eigenvalue weighted by molar-refractivity contribution is -0.141. The summed E-state index contributed by atoms with van der Waals surface area (Å²) in [6.07, 6.45) is 0. The third-order valence-corrected chi connectivity index (χ3v) is 5.52. The summed E-state index contributed by atoms with van der Waals surface area (Å²) in [5.74, 6) is -1.36. The number of carboxylic acid groups (broad SMARTS) is 1. The van der Waals surface area contributed by atoms with E-state index >= 15 is 0 Å². The van der Waals surface area contributed by atoms with Crippen LogP contribution in [0.3, 0.4) is 0 Å². The molecule has 7 heteroatoms. The number of nitrogens with zero attached hydrogens (tertiary/aromatic N) is 1. The first-order valence-electron chi connectivity index (χ1n) is 6.45. The third-order valence-electron chi connectivity index (χ3n) is 3.29. The molecule has 21 heavy (non-hydrogen) atoms. The molecule has 1 heterocycles. The smallest absolute Gasteiger partial charge is 0.327 e. The molecule has 0 saturated carbocycles. The van der Waals surface area contributed by atoms with E-state index in [1.54, 1.807) is 0 Å². The fraction of sp³-hybridized carbons (Fsp3) is 0.429. The van der Waals surface area contributed by atoms with E-state index in [1.165, 1.54) is 34.9 Å². The molecule has 1 aromatic carbocycles. The summed E-state index contributed by atoms with van der Waals surface area (Å²) in [6, 6.07) is 3.11. The quantitative estimate of drug-likeness (QED) is 0.880. The SMILES string of the molecule is CC(C)C1SCC(C(=O)O)N1C(=O)c1ccc(F)c(Br)c1. The van der Waals surface area contributed by atoms with Gasteiger partial charge in [0.05, 0.1) is 9.85 Å². The number of carbonyl (C=O) groups excluding carboxylic acids is 1. The highest BCUT2D eigenvalue weighted by Crippen LogP contribution is 2.35. The Hall–Kier alpha value is -1.08. The van der Waals surface area contributed by atoms with Gasteiger partial charge in [-0.3, -0.25) is 4.79 Å². The largest absolute Gasteiger partial charge is 0.480 e. The minimum Gasteiger partial charge on any atom is -0.480 e. The topological polar surface area (TPSA) is 57.6 Å². The Labute approximate surface area is 134 Å². The molecule has 2 unspecified atom stereocenters. The van der Waals surface area contributed by atoms with Crippen molar-refractivity contribution < 1.29 is 19.1 Å². The minimum absolute atomic E-state index is 0.132. The zero-order chi connectivity index (χ0) is 15.7. The number of benzene rings is 1. The highest BCUT2D eigenvalue weighted by atomic mass is 79.9. The second kappa shape index (κ2) is 6.36. The van der Waals surface area contributed by atoms with Crippen molar-refractivity contribution in [3.05, 3.63) is 34.1 Å². The molecule has 1 saturated heterocycles. The van der Waals surface area contributed by atoms with E-state index in [2.05, 4.69) is 15.9 Å². The highest BCUT2D eigenvalue weighted by Gasteiger charge is 2.43. The Bertz CT molecular complexity index is 581. The van der Waals surface area contributed by atoms with Gasteiger partial charge in [0.15, 0.2) is 0 Å². The summed E-state index contributed by atoms with van der Waals surface area (Å²) in [7, 11) is 0. The predicted octanol–water partition coefficient (Wildman–Crippen LogP) is 3.21. The van der Waals surface area contributed by atoms with Gasteiger partial charge in [0.2, 0.25) is 0 Å². The normalized spacial score (nSPS) is 21.9. The fourth-order valence-corrected chi connectivity index (χ4v) is 4.12. The first kappa shape index (κ1) is 16.3. The molecule has 1 aromatic rings. The molecule has 1 fully saturated rings. The maximum Gasteiger partial charge on any atom is 0.327 e. The molecule has 1 amide bonds. The monoisotopic (exact) mass is 375 g/mol. The van der Waals surface area contributed by atoms with E-state index in [0.29, 0.717) is 5.75 Å². The highest BCUT2D eigenvalue weighted by molar-refractivity contribution is 9.10. The predicted molar refractivity (Wildman–Crippen MR) is 82.8 cm³/mol. The van der Waals surface area contributed by atoms with Crippen molar-refractivity contribution in [2.45, 2.75) is 25.3 Å².